The number of para-hydroxylation sites is 1. The number of carbonyl (C=O) groups excluding carboxylic acids is 1. The zero-order valence-electron chi connectivity index (χ0n) is 13.2. The molecule has 0 unspecified atom stereocenters. The van der Waals surface area contributed by atoms with Gasteiger partial charge in [0.2, 0.25) is 0 Å². The Hall–Kier alpha value is -1.63. The zero-order valence-corrected chi connectivity index (χ0v) is 13.2. The normalized spacial score (nSPS) is 20.7. The minimum atomic E-state index is -1.20. The van der Waals surface area contributed by atoms with Gasteiger partial charge in [-0.15, -0.1) is 0 Å². The van der Waals surface area contributed by atoms with Crippen LogP contribution in [0.4, 0.5) is 0 Å². The summed E-state index contributed by atoms with van der Waals surface area (Å²) in [6, 6.07) is 6.59. The first-order valence-corrected chi connectivity index (χ1v) is 8.23. The van der Waals surface area contributed by atoms with Crippen molar-refractivity contribution in [3.8, 4) is 5.75 Å². The molecule has 0 bridgehead atoms. The summed E-state index contributed by atoms with van der Waals surface area (Å²) in [7, 11) is 0. The van der Waals surface area contributed by atoms with E-state index in [4.69, 9.17) is 14.2 Å². The van der Waals surface area contributed by atoms with Gasteiger partial charge >= 0.3 is 0 Å². The molecule has 23 heavy (non-hydrogen) atoms. The molecule has 1 aromatic rings. The lowest BCUT2D eigenvalue weighted by Gasteiger charge is -2.35. The number of hydrogen-bond acceptors (Lipinski definition) is 5. The van der Waals surface area contributed by atoms with Gasteiger partial charge < -0.3 is 29.0 Å². The van der Waals surface area contributed by atoms with Gasteiger partial charge in [-0.2, -0.15) is 0 Å². The van der Waals surface area contributed by atoms with Crippen molar-refractivity contribution in [3.05, 3.63) is 29.8 Å². The van der Waals surface area contributed by atoms with E-state index in [2.05, 4.69) is 0 Å². The average molecular weight is 321 g/mol. The molecule has 2 saturated heterocycles. The van der Waals surface area contributed by atoms with Gasteiger partial charge in [0.05, 0.1) is 58.3 Å². The SMILES string of the molecule is O=C([O-])c1ccccc1OCCC[NH+]1CCC2(CC1)OCCO2. The molecule has 0 aromatic heterocycles. The zero-order chi connectivity index (χ0) is 16.1. The molecular formula is C17H23NO5. The van der Waals surface area contributed by atoms with Gasteiger partial charge in [0.15, 0.2) is 5.79 Å². The van der Waals surface area contributed by atoms with Gasteiger partial charge in [-0.3, -0.25) is 0 Å². The maximum atomic E-state index is 11.0. The molecule has 1 spiro atoms. The lowest BCUT2D eigenvalue weighted by Crippen LogP contribution is -3.13. The molecule has 1 aromatic carbocycles. The number of likely N-dealkylation sites (tertiary alicyclic amines) is 1. The van der Waals surface area contributed by atoms with Crippen LogP contribution in [0.25, 0.3) is 0 Å². The number of carbonyl (C=O) groups is 1. The fourth-order valence-corrected chi connectivity index (χ4v) is 3.29. The molecule has 0 saturated carbocycles. The van der Waals surface area contributed by atoms with Crippen LogP contribution < -0.4 is 14.7 Å². The topological polar surface area (TPSA) is 72.3 Å². The number of ether oxygens (including phenoxy) is 3. The number of nitrogens with one attached hydrogen (secondary N) is 1. The molecule has 0 aliphatic carbocycles. The Morgan fingerprint density at radius 1 is 1.22 bits per heavy atom. The Kier molecular flexibility index (Phi) is 5.15. The van der Waals surface area contributed by atoms with E-state index in [0.29, 0.717) is 25.6 Å². The van der Waals surface area contributed by atoms with Crippen molar-refractivity contribution in [2.24, 2.45) is 0 Å². The molecule has 2 aliphatic rings. The lowest BCUT2D eigenvalue weighted by molar-refractivity contribution is -0.909. The van der Waals surface area contributed by atoms with E-state index >= 15 is 0 Å². The van der Waals surface area contributed by atoms with Gasteiger partial charge in [-0.25, -0.2) is 0 Å². The number of carboxylic acid groups (broad SMARTS) is 1. The van der Waals surface area contributed by atoms with E-state index in [1.165, 1.54) is 11.0 Å². The highest BCUT2D eigenvalue weighted by Crippen LogP contribution is 2.27. The van der Waals surface area contributed by atoms with Gasteiger partial charge in [-0.05, 0) is 12.1 Å². The Morgan fingerprint density at radius 3 is 2.61 bits per heavy atom. The van der Waals surface area contributed by atoms with E-state index in [1.54, 1.807) is 18.2 Å². The van der Waals surface area contributed by atoms with E-state index in [1.807, 2.05) is 0 Å². The third kappa shape index (κ3) is 4.02. The third-order valence-corrected chi connectivity index (χ3v) is 4.57. The average Bonchev–Trinajstić information content (AvgIpc) is 3.02. The Balaban J connectivity index is 1.38. The first kappa shape index (κ1) is 16.2. The standard InChI is InChI=1S/C17H23NO5/c19-16(20)14-4-1-2-5-15(14)21-11-3-8-18-9-6-17(7-10-18)22-12-13-23-17/h1-2,4-5H,3,6-13H2,(H,19,20). The van der Waals surface area contributed by atoms with Crippen molar-refractivity contribution >= 4 is 5.97 Å². The molecule has 6 heteroatoms. The molecular weight excluding hydrogens is 298 g/mol. The first-order valence-electron chi connectivity index (χ1n) is 8.23. The van der Waals surface area contributed by atoms with Crippen LogP contribution in [0.15, 0.2) is 24.3 Å². The summed E-state index contributed by atoms with van der Waals surface area (Å²) in [5, 5.41) is 11.0. The Labute approximate surface area is 135 Å². The predicted octanol–water partition coefficient (Wildman–Crippen LogP) is -0.759. The number of hydrogen-bond donors (Lipinski definition) is 1. The molecule has 0 amide bonds. The van der Waals surface area contributed by atoms with Gasteiger partial charge in [0.25, 0.3) is 0 Å². The molecule has 2 aliphatic heterocycles. The summed E-state index contributed by atoms with van der Waals surface area (Å²) in [6.45, 7) is 5.00. The van der Waals surface area contributed by atoms with Crippen molar-refractivity contribution in [1.82, 2.24) is 0 Å². The number of rotatable bonds is 6. The fourth-order valence-electron chi connectivity index (χ4n) is 3.29. The third-order valence-electron chi connectivity index (χ3n) is 4.57. The van der Waals surface area contributed by atoms with Crippen LogP contribution in [0.1, 0.15) is 29.6 Å². The second-order valence-corrected chi connectivity index (χ2v) is 6.09. The largest absolute Gasteiger partial charge is 0.545 e. The van der Waals surface area contributed by atoms with E-state index in [-0.39, 0.29) is 11.4 Å². The fraction of sp³-hybridized carbons (Fsp3) is 0.588. The molecule has 2 heterocycles. The number of quaternary nitrogens is 1. The summed E-state index contributed by atoms with van der Waals surface area (Å²) in [4.78, 5) is 12.5. The molecule has 2 fully saturated rings. The maximum Gasteiger partial charge on any atom is 0.179 e. The van der Waals surface area contributed by atoms with Crippen molar-refractivity contribution in [1.29, 1.82) is 0 Å². The summed E-state index contributed by atoms with van der Waals surface area (Å²) in [6.07, 6.45) is 2.76. The number of carboxylic acids is 1. The smallest absolute Gasteiger partial charge is 0.179 e. The molecule has 1 N–H and O–H groups in total. The molecule has 3 rings (SSSR count). The first-order chi connectivity index (χ1) is 11.2. The minimum Gasteiger partial charge on any atom is -0.545 e. The van der Waals surface area contributed by atoms with Crippen LogP contribution in [0.5, 0.6) is 5.75 Å². The second kappa shape index (κ2) is 7.29. The van der Waals surface area contributed by atoms with Crippen molar-refractivity contribution in [2.75, 3.05) is 39.5 Å². The highest BCUT2D eigenvalue weighted by molar-refractivity contribution is 5.89. The molecule has 6 nitrogen and oxygen atoms in total. The van der Waals surface area contributed by atoms with Crippen LogP contribution >= 0.6 is 0 Å². The van der Waals surface area contributed by atoms with Crippen LogP contribution in [-0.2, 0) is 9.47 Å². The van der Waals surface area contributed by atoms with Crippen LogP contribution in [0, 0.1) is 0 Å². The molecule has 0 radical (unpaired) electrons. The summed E-state index contributed by atoms with van der Waals surface area (Å²) < 4.78 is 17.1. The quantitative estimate of drug-likeness (QED) is 0.698. The van der Waals surface area contributed by atoms with Crippen molar-refractivity contribution in [2.45, 2.75) is 25.0 Å². The maximum absolute atomic E-state index is 11.0. The van der Waals surface area contributed by atoms with E-state index in [9.17, 15) is 9.90 Å². The summed E-state index contributed by atoms with van der Waals surface area (Å²) >= 11 is 0. The highest BCUT2D eigenvalue weighted by atomic mass is 16.7. The summed E-state index contributed by atoms with van der Waals surface area (Å²) in [5.74, 6) is -1.13. The van der Waals surface area contributed by atoms with Gasteiger partial charge in [0.1, 0.15) is 5.75 Å². The lowest BCUT2D eigenvalue weighted by atomic mass is 10.0. The molecule has 0 atom stereocenters. The van der Waals surface area contributed by atoms with Crippen LogP contribution in [-0.4, -0.2) is 51.2 Å². The molecule has 126 valence electrons. The van der Waals surface area contributed by atoms with Crippen molar-refractivity contribution < 1.29 is 29.0 Å². The Morgan fingerprint density at radius 2 is 1.91 bits per heavy atom. The Bertz CT molecular complexity index is 532. The number of piperidine rings is 1. The van der Waals surface area contributed by atoms with E-state index in [0.717, 1.165) is 38.9 Å². The second-order valence-electron chi connectivity index (χ2n) is 6.09. The van der Waals surface area contributed by atoms with Gasteiger partial charge in [0, 0.05) is 12.0 Å². The number of benzene rings is 1. The monoisotopic (exact) mass is 321 g/mol. The minimum absolute atomic E-state index is 0.107. The predicted molar refractivity (Wildman–Crippen MR) is 80.3 cm³/mol. The van der Waals surface area contributed by atoms with Gasteiger partial charge in [-0.1, -0.05) is 12.1 Å². The van der Waals surface area contributed by atoms with Crippen LogP contribution in [0.2, 0.25) is 0 Å². The van der Waals surface area contributed by atoms with E-state index < -0.39 is 5.97 Å². The summed E-state index contributed by atoms with van der Waals surface area (Å²) in [5.41, 5.74) is 0.107. The highest BCUT2D eigenvalue weighted by Gasteiger charge is 2.41. The number of aromatic carboxylic acids is 1. The van der Waals surface area contributed by atoms with Crippen LogP contribution in [0.3, 0.4) is 0 Å². The van der Waals surface area contributed by atoms with Crippen molar-refractivity contribution in [3.63, 3.8) is 0 Å².